The maximum Gasteiger partial charge on any atom is 0.244 e. The van der Waals surface area contributed by atoms with Crippen molar-refractivity contribution < 1.29 is 14.0 Å². The van der Waals surface area contributed by atoms with Crippen molar-refractivity contribution >= 4 is 34.5 Å². The Morgan fingerprint density at radius 2 is 1.97 bits per heavy atom. The quantitative estimate of drug-likeness (QED) is 0.709. The highest BCUT2D eigenvalue weighted by Crippen LogP contribution is 2.47. The van der Waals surface area contributed by atoms with E-state index in [0.717, 1.165) is 23.0 Å². The van der Waals surface area contributed by atoms with E-state index in [1.54, 1.807) is 16.7 Å². The Hall–Kier alpha value is -2.73. The minimum absolute atomic E-state index is 0.0673. The third-order valence-corrected chi connectivity index (χ3v) is 7.40. The number of hydrogen-bond acceptors (Lipinski definition) is 4. The molecule has 0 spiro atoms. The van der Waals surface area contributed by atoms with Crippen LogP contribution in [0.25, 0.3) is 11.0 Å². The van der Waals surface area contributed by atoms with E-state index in [9.17, 15) is 9.59 Å². The number of fused-ring (bicyclic) bond motifs is 2. The summed E-state index contributed by atoms with van der Waals surface area (Å²) < 4.78 is 6.08. The van der Waals surface area contributed by atoms with Crippen LogP contribution < -0.4 is 5.32 Å². The monoisotopic (exact) mass is 406 g/mol. The highest BCUT2D eigenvalue weighted by atomic mass is 32.2. The molecule has 2 saturated heterocycles. The lowest BCUT2D eigenvalue weighted by Crippen LogP contribution is -2.50. The Kier molecular flexibility index (Phi) is 4.39. The summed E-state index contributed by atoms with van der Waals surface area (Å²) in [5, 5.41) is 4.16. The molecule has 2 aliphatic heterocycles. The van der Waals surface area contributed by atoms with Gasteiger partial charge in [-0.05, 0) is 31.0 Å². The zero-order chi connectivity index (χ0) is 20.0. The summed E-state index contributed by atoms with van der Waals surface area (Å²) >= 11 is 1.70. The molecule has 2 aliphatic rings. The van der Waals surface area contributed by atoms with Gasteiger partial charge in [0.1, 0.15) is 23.4 Å². The molecule has 2 amide bonds. The molecule has 1 aromatic heterocycles. The second-order valence-corrected chi connectivity index (χ2v) is 9.31. The Morgan fingerprint density at radius 1 is 1.21 bits per heavy atom. The minimum atomic E-state index is -0.449. The van der Waals surface area contributed by atoms with E-state index >= 15 is 0 Å². The first kappa shape index (κ1) is 18.3. The third kappa shape index (κ3) is 3.12. The van der Waals surface area contributed by atoms with Gasteiger partial charge in [0.2, 0.25) is 11.8 Å². The largest absolute Gasteiger partial charge is 0.459 e. The van der Waals surface area contributed by atoms with E-state index < -0.39 is 12.1 Å². The highest BCUT2D eigenvalue weighted by molar-refractivity contribution is 8.01. The number of carbonyl (C=O) groups is 2. The summed E-state index contributed by atoms with van der Waals surface area (Å²) in [6, 6.07) is 18.7. The predicted molar refractivity (Wildman–Crippen MR) is 113 cm³/mol. The summed E-state index contributed by atoms with van der Waals surface area (Å²) in [5.74, 6) is 1.24. The molecule has 0 aliphatic carbocycles. The number of para-hydroxylation sites is 1. The standard InChI is InChI=1S/C23H22N2O3S/c1-23-12-11-20(26)25(23)17(14-29-23)22(27)24-21(15-7-3-2-4-8-15)19-13-16-9-5-6-10-18(16)28-19/h2-10,13,17,21H,11-12,14H2,1H3,(H,24,27). The Bertz CT molecular complexity index is 1050. The lowest BCUT2D eigenvalue weighted by atomic mass is 10.0. The molecule has 5 nitrogen and oxygen atoms in total. The molecule has 2 aromatic carbocycles. The van der Waals surface area contributed by atoms with E-state index in [2.05, 4.69) is 12.2 Å². The number of hydrogen-bond donors (Lipinski definition) is 1. The maximum atomic E-state index is 13.3. The van der Waals surface area contributed by atoms with Crippen LogP contribution in [-0.2, 0) is 9.59 Å². The molecule has 1 N–H and O–H groups in total. The molecule has 2 fully saturated rings. The molecule has 0 saturated carbocycles. The molecule has 6 heteroatoms. The molecular formula is C23H22N2O3S. The van der Waals surface area contributed by atoms with Crippen molar-refractivity contribution in [3.8, 4) is 0 Å². The van der Waals surface area contributed by atoms with Gasteiger partial charge in [-0.25, -0.2) is 0 Å². The summed E-state index contributed by atoms with van der Waals surface area (Å²) in [7, 11) is 0. The zero-order valence-corrected chi connectivity index (χ0v) is 16.9. The molecule has 5 rings (SSSR count). The smallest absolute Gasteiger partial charge is 0.244 e. The lowest BCUT2D eigenvalue weighted by molar-refractivity contribution is -0.138. The van der Waals surface area contributed by atoms with Crippen LogP contribution in [0.15, 0.2) is 65.1 Å². The first-order chi connectivity index (χ1) is 14.0. The second kappa shape index (κ2) is 6.95. The van der Waals surface area contributed by atoms with Gasteiger partial charge in [0.15, 0.2) is 0 Å². The first-order valence-corrected chi connectivity index (χ1v) is 10.8. The van der Waals surface area contributed by atoms with Gasteiger partial charge in [0, 0.05) is 17.6 Å². The van der Waals surface area contributed by atoms with Crippen LogP contribution in [0, 0.1) is 0 Å². The van der Waals surface area contributed by atoms with Gasteiger partial charge >= 0.3 is 0 Å². The van der Waals surface area contributed by atoms with Gasteiger partial charge < -0.3 is 14.6 Å². The van der Waals surface area contributed by atoms with Gasteiger partial charge in [-0.1, -0.05) is 48.5 Å². The number of nitrogens with zero attached hydrogens (tertiary/aromatic N) is 1. The van der Waals surface area contributed by atoms with Crippen molar-refractivity contribution in [3.05, 3.63) is 72.0 Å². The molecule has 0 bridgehead atoms. The van der Waals surface area contributed by atoms with Crippen LogP contribution in [0.3, 0.4) is 0 Å². The number of amides is 2. The summed E-state index contributed by atoms with van der Waals surface area (Å²) in [6.07, 6.45) is 1.31. The average molecular weight is 407 g/mol. The number of carbonyl (C=O) groups excluding carboxylic acids is 2. The van der Waals surface area contributed by atoms with Crippen molar-refractivity contribution in [1.82, 2.24) is 10.2 Å². The van der Waals surface area contributed by atoms with Crippen LogP contribution in [0.1, 0.15) is 37.1 Å². The number of benzene rings is 2. The average Bonchev–Trinajstić information content (AvgIpc) is 3.39. The van der Waals surface area contributed by atoms with Crippen LogP contribution in [0.5, 0.6) is 0 Å². The molecule has 3 aromatic rings. The fourth-order valence-corrected chi connectivity index (χ4v) is 5.79. The maximum absolute atomic E-state index is 13.3. The third-order valence-electron chi connectivity index (χ3n) is 5.90. The normalized spacial score (nSPS) is 24.7. The van der Waals surface area contributed by atoms with Gasteiger partial charge in [-0.2, -0.15) is 0 Å². The number of nitrogens with one attached hydrogen (secondary N) is 1. The molecule has 3 heterocycles. The van der Waals surface area contributed by atoms with Crippen molar-refractivity contribution in [2.75, 3.05) is 5.75 Å². The Balaban J connectivity index is 1.47. The van der Waals surface area contributed by atoms with E-state index in [-0.39, 0.29) is 16.7 Å². The molecule has 0 radical (unpaired) electrons. The van der Waals surface area contributed by atoms with Gasteiger partial charge in [0.05, 0.1) is 4.87 Å². The van der Waals surface area contributed by atoms with Crippen molar-refractivity contribution in [2.24, 2.45) is 0 Å². The topological polar surface area (TPSA) is 62.6 Å². The van der Waals surface area contributed by atoms with Crippen LogP contribution in [-0.4, -0.2) is 33.4 Å². The summed E-state index contributed by atoms with van der Waals surface area (Å²) in [5.41, 5.74) is 1.73. The van der Waals surface area contributed by atoms with Gasteiger partial charge in [0.25, 0.3) is 0 Å². The fraction of sp³-hybridized carbons (Fsp3) is 0.304. The summed E-state index contributed by atoms with van der Waals surface area (Å²) in [4.78, 5) is 27.2. The van der Waals surface area contributed by atoms with E-state index in [1.807, 2.05) is 60.7 Å². The molecular weight excluding hydrogens is 384 g/mol. The van der Waals surface area contributed by atoms with Crippen LogP contribution >= 0.6 is 11.8 Å². The highest BCUT2D eigenvalue weighted by Gasteiger charge is 2.53. The SMILES string of the molecule is CC12CCC(=O)N1C(C(=O)NC(c1ccccc1)c1cc3ccccc3o1)CS2. The fourth-order valence-electron chi connectivity index (χ4n) is 4.36. The second-order valence-electron chi connectivity index (χ2n) is 7.80. The van der Waals surface area contributed by atoms with Gasteiger partial charge in [-0.15, -0.1) is 11.8 Å². The first-order valence-electron chi connectivity index (χ1n) is 9.85. The molecule has 3 atom stereocenters. The van der Waals surface area contributed by atoms with Crippen LogP contribution in [0.2, 0.25) is 0 Å². The van der Waals surface area contributed by atoms with Crippen LogP contribution in [0.4, 0.5) is 0 Å². The van der Waals surface area contributed by atoms with Crippen molar-refractivity contribution in [1.29, 1.82) is 0 Å². The van der Waals surface area contributed by atoms with Crippen molar-refractivity contribution in [2.45, 2.75) is 36.7 Å². The zero-order valence-electron chi connectivity index (χ0n) is 16.1. The van der Waals surface area contributed by atoms with Crippen molar-refractivity contribution in [3.63, 3.8) is 0 Å². The number of furan rings is 1. The number of thioether (sulfide) groups is 1. The lowest BCUT2D eigenvalue weighted by Gasteiger charge is -2.30. The molecule has 3 unspecified atom stereocenters. The van der Waals surface area contributed by atoms with E-state index in [1.165, 1.54) is 0 Å². The number of rotatable bonds is 4. The molecule has 148 valence electrons. The summed E-state index contributed by atoms with van der Waals surface area (Å²) in [6.45, 7) is 2.06. The van der Waals surface area contributed by atoms with E-state index in [0.29, 0.717) is 17.9 Å². The van der Waals surface area contributed by atoms with E-state index in [4.69, 9.17) is 4.42 Å². The Morgan fingerprint density at radius 3 is 2.76 bits per heavy atom. The molecule has 29 heavy (non-hydrogen) atoms. The predicted octanol–water partition coefficient (Wildman–Crippen LogP) is 4.09. The van der Waals surface area contributed by atoms with Gasteiger partial charge in [-0.3, -0.25) is 9.59 Å². The minimum Gasteiger partial charge on any atom is -0.459 e. The Labute approximate surface area is 173 Å².